The lowest BCUT2D eigenvalue weighted by Crippen LogP contribution is -2.49. The maximum atomic E-state index is 11.7. The molecule has 112 valence electrons. The van der Waals surface area contributed by atoms with Gasteiger partial charge in [0.1, 0.15) is 6.04 Å². The number of carbonyl (C=O) groups is 1. The Morgan fingerprint density at radius 2 is 2.48 bits per heavy atom. The zero-order valence-electron chi connectivity index (χ0n) is 11.5. The first-order valence-electron chi connectivity index (χ1n) is 6.54. The molecule has 21 heavy (non-hydrogen) atoms. The monoisotopic (exact) mass is 293 g/mol. The van der Waals surface area contributed by atoms with E-state index in [0.717, 1.165) is 0 Å². The Bertz CT molecular complexity index is 595. The van der Waals surface area contributed by atoms with E-state index in [2.05, 4.69) is 10.1 Å². The predicted octanol–water partition coefficient (Wildman–Crippen LogP) is 0.703. The van der Waals surface area contributed by atoms with Crippen molar-refractivity contribution in [2.45, 2.75) is 12.6 Å². The summed E-state index contributed by atoms with van der Waals surface area (Å²) in [4.78, 5) is 17.9. The van der Waals surface area contributed by atoms with Crippen LogP contribution in [0.1, 0.15) is 5.89 Å². The summed E-state index contributed by atoms with van der Waals surface area (Å²) in [7, 11) is 1.36. The number of carbonyl (C=O) groups excluding carboxylic acids is 1. The van der Waals surface area contributed by atoms with Crippen LogP contribution >= 0.6 is 0 Å². The fourth-order valence-corrected chi connectivity index (χ4v) is 2.18. The minimum atomic E-state index is -0.456. The first kappa shape index (κ1) is 13.8. The van der Waals surface area contributed by atoms with Crippen molar-refractivity contribution in [3.05, 3.63) is 24.3 Å². The Hall–Kier alpha value is -2.19. The lowest BCUT2D eigenvalue weighted by molar-refractivity contribution is -0.153. The second kappa shape index (κ2) is 6.06. The molecule has 1 aliphatic heterocycles. The number of rotatable bonds is 4. The number of nitrogens with zero attached hydrogens (tertiary/aromatic N) is 3. The number of aromatic nitrogens is 2. The van der Waals surface area contributed by atoms with Crippen molar-refractivity contribution in [3.63, 3.8) is 0 Å². The largest absolute Gasteiger partial charge is 0.468 e. The molecule has 0 N–H and O–H groups in total. The molecule has 0 saturated carbocycles. The summed E-state index contributed by atoms with van der Waals surface area (Å²) in [5, 5.41) is 3.86. The Balaban J connectivity index is 1.71. The first-order chi connectivity index (χ1) is 10.3. The molecule has 0 amide bonds. The molecule has 1 aliphatic rings. The number of esters is 1. The zero-order chi connectivity index (χ0) is 14.7. The van der Waals surface area contributed by atoms with E-state index in [1.807, 2.05) is 4.90 Å². The van der Waals surface area contributed by atoms with E-state index in [9.17, 15) is 4.79 Å². The highest BCUT2D eigenvalue weighted by atomic mass is 16.5. The van der Waals surface area contributed by atoms with Crippen LogP contribution in [0.2, 0.25) is 0 Å². The van der Waals surface area contributed by atoms with E-state index < -0.39 is 6.04 Å². The van der Waals surface area contributed by atoms with Gasteiger partial charge >= 0.3 is 5.97 Å². The van der Waals surface area contributed by atoms with Crippen molar-refractivity contribution < 1.29 is 23.2 Å². The quantitative estimate of drug-likeness (QED) is 0.761. The van der Waals surface area contributed by atoms with Gasteiger partial charge in [-0.05, 0) is 12.1 Å². The van der Waals surface area contributed by atoms with Crippen molar-refractivity contribution in [1.82, 2.24) is 15.0 Å². The van der Waals surface area contributed by atoms with Crippen molar-refractivity contribution in [1.29, 1.82) is 0 Å². The number of methoxy groups -OCH3 is 1. The van der Waals surface area contributed by atoms with Gasteiger partial charge in [0.15, 0.2) is 5.76 Å². The molecule has 1 saturated heterocycles. The standard InChI is InChI=1S/C13H15N3O5/c1-18-13(17)9-8-19-6-4-16(9)7-11-14-12(15-21-11)10-3-2-5-20-10/h2-3,5,9H,4,6-8H2,1H3. The summed E-state index contributed by atoms with van der Waals surface area (Å²) in [5.41, 5.74) is 0. The van der Waals surface area contributed by atoms with Crippen LogP contribution in [-0.2, 0) is 20.8 Å². The van der Waals surface area contributed by atoms with E-state index in [4.69, 9.17) is 18.4 Å². The molecule has 8 heteroatoms. The highest BCUT2D eigenvalue weighted by Crippen LogP contribution is 2.18. The zero-order valence-corrected chi connectivity index (χ0v) is 11.5. The van der Waals surface area contributed by atoms with Crippen LogP contribution in [-0.4, -0.2) is 53.9 Å². The van der Waals surface area contributed by atoms with Gasteiger partial charge in [-0.25, -0.2) is 0 Å². The topological polar surface area (TPSA) is 90.8 Å². The average Bonchev–Trinajstić information content (AvgIpc) is 3.18. The van der Waals surface area contributed by atoms with Crippen LogP contribution in [0.25, 0.3) is 11.6 Å². The van der Waals surface area contributed by atoms with E-state index >= 15 is 0 Å². The van der Waals surface area contributed by atoms with Crippen LogP contribution < -0.4 is 0 Å². The average molecular weight is 293 g/mol. The molecule has 1 atom stereocenters. The second-order valence-electron chi connectivity index (χ2n) is 4.57. The Morgan fingerprint density at radius 3 is 3.24 bits per heavy atom. The number of furan rings is 1. The minimum Gasteiger partial charge on any atom is -0.468 e. The third kappa shape index (κ3) is 2.96. The van der Waals surface area contributed by atoms with Crippen LogP contribution in [0.3, 0.4) is 0 Å². The molecule has 3 heterocycles. The Labute approximate surface area is 120 Å². The molecule has 1 unspecified atom stereocenters. The second-order valence-corrected chi connectivity index (χ2v) is 4.57. The van der Waals surface area contributed by atoms with Crippen molar-refractivity contribution in [3.8, 4) is 11.6 Å². The predicted molar refractivity (Wildman–Crippen MR) is 69.0 cm³/mol. The van der Waals surface area contributed by atoms with Crippen LogP contribution in [0.4, 0.5) is 0 Å². The van der Waals surface area contributed by atoms with Crippen LogP contribution in [0.5, 0.6) is 0 Å². The summed E-state index contributed by atoms with van der Waals surface area (Å²) < 4.78 is 20.5. The van der Waals surface area contributed by atoms with Gasteiger partial charge in [-0.15, -0.1) is 0 Å². The molecule has 1 fully saturated rings. The summed E-state index contributed by atoms with van der Waals surface area (Å²) in [6.07, 6.45) is 1.54. The van der Waals surface area contributed by atoms with E-state index in [1.165, 1.54) is 7.11 Å². The number of hydrogen-bond donors (Lipinski definition) is 0. The SMILES string of the molecule is COC(=O)C1COCCN1Cc1nc(-c2ccco2)no1. The van der Waals surface area contributed by atoms with Gasteiger partial charge in [0.05, 0.1) is 33.1 Å². The minimum absolute atomic E-state index is 0.297. The van der Waals surface area contributed by atoms with Crippen LogP contribution in [0, 0.1) is 0 Å². The van der Waals surface area contributed by atoms with Crippen molar-refractivity contribution in [2.24, 2.45) is 0 Å². The Kier molecular flexibility index (Phi) is 3.98. The molecule has 2 aromatic heterocycles. The summed E-state index contributed by atoms with van der Waals surface area (Å²) >= 11 is 0. The van der Waals surface area contributed by atoms with Gasteiger partial charge in [-0.1, -0.05) is 5.16 Å². The molecule has 0 spiro atoms. The highest BCUT2D eigenvalue weighted by Gasteiger charge is 2.31. The lowest BCUT2D eigenvalue weighted by Gasteiger charge is -2.32. The van der Waals surface area contributed by atoms with E-state index in [-0.39, 0.29) is 5.97 Å². The van der Waals surface area contributed by atoms with Crippen molar-refractivity contribution >= 4 is 5.97 Å². The molecule has 0 aliphatic carbocycles. The molecular formula is C13H15N3O5. The lowest BCUT2D eigenvalue weighted by atomic mass is 10.2. The van der Waals surface area contributed by atoms with Gasteiger partial charge in [0, 0.05) is 6.54 Å². The van der Waals surface area contributed by atoms with Gasteiger partial charge in [-0.2, -0.15) is 4.98 Å². The summed E-state index contributed by atoms with van der Waals surface area (Å²) in [5.74, 6) is 1.01. The maximum absolute atomic E-state index is 11.7. The number of hydrogen-bond acceptors (Lipinski definition) is 8. The molecular weight excluding hydrogens is 278 g/mol. The molecule has 0 bridgehead atoms. The maximum Gasteiger partial charge on any atom is 0.325 e. The smallest absolute Gasteiger partial charge is 0.325 e. The highest BCUT2D eigenvalue weighted by molar-refractivity contribution is 5.75. The van der Waals surface area contributed by atoms with Gasteiger partial charge in [-0.3, -0.25) is 9.69 Å². The van der Waals surface area contributed by atoms with E-state index in [0.29, 0.717) is 43.8 Å². The summed E-state index contributed by atoms with van der Waals surface area (Å²) in [6.45, 7) is 1.80. The molecule has 0 aromatic carbocycles. The Morgan fingerprint density at radius 1 is 1.57 bits per heavy atom. The summed E-state index contributed by atoms with van der Waals surface area (Å²) in [6, 6.07) is 3.05. The fourth-order valence-electron chi connectivity index (χ4n) is 2.18. The van der Waals surface area contributed by atoms with E-state index in [1.54, 1.807) is 18.4 Å². The number of ether oxygens (including phenoxy) is 2. The van der Waals surface area contributed by atoms with Gasteiger partial charge < -0.3 is 18.4 Å². The normalized spacial score (nSPS) is 19.6. The molecule has 3 rings (SSSR count). The number of morpholine rings is 1. The van der Waals surface area contributed by atoms with Crippen molar-refractivity contribution in [2.75, 3.05) is 26.9 Å². The third-order valence-electron chi connectivity index (χ3n) is 3.26. The van der Waals surface area contributed by atoms with Gasteiger partial charge in [0.25, 0.3) is 0 Å². The molecule has 0 radical (unpaired) electrons. The van der Waals surface area contributed by atoms with Crippen LogP contribution in [0.15, 0.2) is 27.3 Å². The van der Waals surface area contributed by atoms with Gasteiger partial charge in [0.2, 0.25) is 11.7 Å². The molecule has 2 aromatic rings. The first-order valence-corrected chi connectivity index (χ1v) is 6.54. The fraction of sp³-hybridized carbons (Fsp3) is 0.462. The molecule has 8 nitrogen and oxygen atoms in total. The third-order valence-corrected chi connectivity index (χ3v) is 3.26.